The van der Waals surface area contributed by atoms with Gasteiger partial charge in [-0.25, -0.2) is 4.98 Å². The molecule has 1 heterocycles. The molecular weight excluding hydrogens is 364 g/mol. The van der Waals surface area contributed by atoms with Crippen LogP contribution in [0.5, 0.6) is 0 Å². The number of halogens is 1. The number of rotatable bonds is 7. The number of benzene rings is 2. The van der Waals surface area contributed by atoms with Gasteiger partial charge in [-0.1, -0.05) is 72.3 Å². The van der Waals surface area contributed by atoms with Gasteiger partial charge in [-0.3, -0.25) is 9.59 Å². The van der Waals surface area contributed by atoms with E-state index in [0.717, 1.165) is 11.1 Å². The molecular formula is C20H19ClN4O2. The molecule has 0 bridgehead atoms. The number of aromatic nitrogens is 2. The summed E-state index contributed by atoms with van der Waals surface area (Å²) in [6, 6.07) is 19.1. The molecule has 3 rings (SSSR count). The van der Waals surface area contributed by atoms with Crippen molar-refractivity contribution in [2.75, 3.05) is 11.9 Å². The van der Waals surface area contributed by atoms with Gasteiger partial charge in [-0.2, -0.15) is 0 Å². The Morgan fingerprint density at radius 3 is 2.30 bits per heavy atom. The van der Waals surface area contributed by atoms with Crippen molar-refractivity contribution < 1.29 is 4.79 Å². The molecule has 0 atom stereocenters. The molecule has 0 spiro atoms. The summed E-state index contributed by atoms with van der Waals surface area (Å²) in [5.74, 6) is -0.192. The number of nitrogens with one attached hydrogen (secondary N) is 2. The van der Waals surface area contributed by atoms with E-state index in [1.807, 2.05) is 60.7 Å². The standard InChI is InChI=1S/C20H19ClN4O2/c21-17-14-25(13-16-9-5-2-6-10-16)20(27)19(24-17)23-12-18(26)22-11-15-7-3-1-4-8-15/h1-10,14H,11-13H2,(H,22,26)(H,23,24). The first kappa shape index (κ1) is 18.7. The number of carbonyl (C=O) groups excluding carboxylic acids is 1. The van der Waals surface area contributed by atoms with Gasteiger partial charge in [-0.15, -0.1) is 0 Å². The monoisotopic (exact) mass is 382 g/mol. The highest BCUT2D eigenvalue weighted by molar-refractivity contribution is 6.29. The molecule has 2 aromatic carbocycles. The molecule has 0 unspecified atom stereocenters. The summed E-state index contributed by atoms with van der Waals surface area (Å²) in [6.07, 6.45) is 1.48. The Bertz CT molecular complexity index is 959. The minimum Gasteiger partial charge on any atom is -0.356 e. The second-order valence-corrected chi connectivity index (χ2v) is 6.33. The Hall–Kier alpha value is -3.12. The van der Waals surface area contributed by atoms with E-state index in [1.165, 1.54) is 10.8 Å². The Kier molecular flexibility index (Phi) is 6.22. The lowest BCUT2D eigenvalue weighted by atomic mass is 10.2. The molecule has 3 aromatic rings. The van der Waals surface area contributed by atoms with Crippen LogP contribution in [0.1, 0.15) is 11.1 Å². The van der Waals surface area contributed by atoms with Gasteiger partial charge in [-0.05, 0) is 11.1 Å². The quantitative estimate of drug-likeness (QED) is 0.658. The van der Waals surface area contributed by atoms with Crippen molar-refractivity contribution in [2.45, 2.75) is 13.1 Å². The summed E-state index contributed by atoms with van der Waals surface area (Å²) in [5, 5.41) is 5.74. The smallest absolute Gasteiger partial charge is 0.293 e. The predicted molar refractivity (Wildman–Crippen MR) is 106 cm³/mol. The van der Waals surface area contributed by atoms with E-state index in [4.69, 9.17) is 11.6 Å². The van der Waals surface area contributed by atoms with Gasteiger partial charge >= 0.3 is 0 Å². The van der Waals surface area contributed by atoms with E-state index < -0.39 is 0 Å². The molecule has 0 aliphatic rings. The van der Waals surface area contributed by atoms with E-state index in [-0.39, 0.29) is 29.0 Å². The van der Waals surface area contributed by atoms with E-state index in [9.17, 15) is 9.59 Å². The van der Waals surface area contributed by atoms with Crippen molar-refractivity contribution in [3.63, 3.8) is 0 Å². The molecule has 0 radical (unpaired) electrons. The fourth-order valence-electron chi connectivity index (χ4n) is 2.54. The van der Waals surface area contributed by atoms with Crippen LogP contribution < -0.4 is 16.2 Å². The third-order valence-electron chi connectivity index (χ3n) is 3.89. The Morgan fingerprint density at radius 2 is 1.63 bits per heavy atom. The molecule has 138 valence electrons. The maximum atomic E-state index is 12.6. The van der Waals surface area contributed by atoms with Crippen LogP contribution in [0, 0.1) is 0 Å². The lowest BCUT2D eigenvalue weighted by Crippen LogP contribution is -2.32. The first-order valence-corrected chi connectivity index (χ1v) is 8.85. The van der Waals surface area contributed by atoms with Crippen LogP contribution >= 0.6 is 11.6 Å². The number of hydrogen-bond acceptors (Lipinski definition) is 4. The number of carbonyl (C=O) groups is 1. The second-order valence-electron chi connectivity index (χ2n) is 5.95. The Labute approximate surface area is 161 Å². The van der Waals surface area contributed by atoms with Crippen molar-refractivity contribution >= 4 is 23.3 Å². The molecule has 0 saturated heterocycles. The fraction of sp³-hybridized carbons (Fsp3) is 0.150. The van der Waals surface area contributed by atoms with Gasteiger partial charge in [0.2, 0.25) is 5.91 Å². The van der Waals surface area contributed by atoms with E-state index in [0.29, 0.717) is 13.1 Å². The van der Waals surface area contributed by atoms with Crippen molar-refractivity contribution in [3.8, 4) is 0 Å². The zero-order valence-corrected chi connectivity index (χ0v) is 15.3. The fourth-order valence-corrected chi connectivity index (χ4v) is 2.74. The van der Waals surface area contributed by atoms with Gasteiger partial charge < -0.3 is 15.2 Å². The SMILES string of the molecule is O=C(CNc1nc(Cl)cn(Cc2ccccc2)c1=O)NCc1ccccc1. The predicted octanol–water partition coefficient (Wildman–Crippen LogP) is 2.67. The molecule has 0 fully saturated rings. The minimum absolute atomic E-state index is 0.0493. The molecule has 1 aromatic heterocycles. The summed E-state index contributed by atoms with van der Waals surface area (Å²) in [7, 11) is 0. The van der Waals surface area contributed by atoms with Gasteiger partial charge in [0.1, 0.15) is 5.15 Å². The van der Waals surface area contributed by atoms with E-state index >= 15 is 0 Å². The summed E-state index contributed by atoms with van der Waals surface area (Å²) in [6.45, 7) is 0.722. The molecule has 1 amide bonds. The summed E-state index contributed by atoms with van der Waals surface area (Å²) in [5.41, 5.74) is 1.63. The molecule has 7 heteroatoms. The molecule has 0 saturated carbocycles. The average Bonchev–Trinajstić information content (AvgIpc) is 2.69. The Morgan fingerprint density at radius 1 is 1.00 bits per heavy atom. The molecule has 27 heavy (non-hydrogen) atoms. The van der Waals surface area contributed by atoms with Crippen LogP contribution in [0.3, 0.4) is 0 Å². The highest BCUT2D eigenvalue weighted by atomic mass is 35.5. The number of hydrogen-bond donors (Lipinski definition) is 2. The largest absolute Gasteiger partial charge is 0.356 e. The first-order valence-electron chi connectivity index (χ1n) is 8.47. The highest BCUT2D eigenvalue weighted by Gasteiger charge is 2.10. The summed E-state index contributed by atoms with van der Waals surface area (Å²) >= 11 is 6.03. The lowest BCUT2D eigenvalue weighted by Gasteiger charge is -2.11. The van der Waals surface area contributed by atoms with Crippen molar-refractivity contribution in [3.05, 3.63) is 93.5 Å². The van der Waals surface area contributed by atoms with Crippen molar-refractivity contribution in [2.24, 2.45) is 0 Å². The maximum absolute atomic E-state index is 12.6. The third kappa shape index (κ3) is 5.43. The van der Waals surface area contributed by atoms with E-state index in [2.05, 4.69) is 15.6 Å². The zero-order chi connectivity index (χ0) is 19.1. The molecule has 0 aliphatic heterocycles. The van der Waals surface area contributed by atoms with Gasteiger partial charge in [0.25, 0.3) is 5.56 Å². The lowest BCUT2D eigenvalue weighted by molar-refractivity contribution is -0.119. The normalized spacial score (nSPS) is 10.4. The Balaban J connectivity index is 1.62. The number of amides is 1. The summed E-state index contributed by atoms with van der Waals surface area (Å²) in [4.78, 5) is 28.6. The van der Waals surface area contributed by atoms with Gasteiger partial charge in [0, 0.05) is 12.7 Å². The highest BCUT2D eigenvalue weighted by Crippen LogP contribution is 2.08. The maximum Gasteiger partial charge on any atom is 0.293 e. The van der Waals surface area contributed by atoms with Crippen LogP contribution in [-0.4, -0.2) is 22.0 Å². The minimum atomic E-state index is -0.334. The average molecular weight is 383 g/mol. The molecule has 6 nitrogen and oxygen atoms in total. The molecule has 2 N–H and O–H groups in total. The van der Waals surface area contributed by atoms with Crippen molar-refractivity contribution in [1.82, 2.24) is 14.9 Å². The van der Waals surface area contributed by atoms with Crippen LogP contribution in [0.4, 0.5) is 5.82 Å². The van der Waals surface area contributed by atoms with Crippen molar-refractivity contribution in [1.29, 1.82) is 0 Å². The van der Waals surface area contributed by atoms with E-state index in [1.54, 1.807) is 0 Å². The third-order valence-corrected chi connectivity index (χ3v) is 4.07. The topological polar surface area (TPSA) is 76.0 Å². The van der Waals surface area contributed by atoms with Crippen LogP contribution in [-0.2, 0) is 17.9 Å². The second kappa shape index (κ2) is 9.00. The van der Waals surface area contributed by atoms with Gasteiger partial charge in [0.15, 0.2) is 5.82 Å². The molecule has 0 aliphatic carbocycles. The zero-order valence-electron chi connectivity index (χ0n) is 14.6. The van der Waals surface area contributed by atoms with Crippen LogP contribution in [0.15, 0.2) is 71.7 Å². The first-order chi connectivity index (χ1) is 13.1. The van der Waals surface area contributed by atoms with Crippen LogP contribution in [0.2, 0.25) is 5.15 Å². The number of nitrogens with zero attached hydrogens (tertiary/aromatic N) is 2. The van der Waals surface area contributed by atoms with Gasteiger partial charge in [0.05, 0.1) is 13.1 Å². The van der Waals surface area contributed by atoms with Crippen LogP contribution in [0.25, 0.3) is 0 Å². The number of anilines is 1. The summed E-state index contributed by atoms with van der Waals surface area (Å²) < 4.78 is 1.47.